The maximum Gasteiger partial charge on any atom is 0.261 e. The molecule has 0 saturated carbocycles. The van der Waals surface area contributed by atoms with E-state index in [1.165, 1.54) is 37.4 Å². The van der Waals surface area contributed by atoms with Gasteiger partial charge in [0.2, 0.25) is 0 Å². The van der Waals surface area contributed by atoms with Gasteiger partial charge in [-0.1, -0.05) is 11.6 Å². The number of methoxy groups -OCH3 is 1. The number of ether oxygens (including phenoxy) is 1. The van der Waals surface area contributed by atoms with Crippen LogP contribution in [0.5, 0.6) is 5.75 Å². The van der Waals surface area contributed by atoms with Gasteiger partial charge in [0.05, 0.1) is 17.0 Å². The minimum absolute atomic E-state index is 0.0262. The van der Waals surface area contributed by atoms with Gasteiger partial charge in [0.25, 0.3) is 10.0 Å². The van der Waals surface area contributed by atoms with E-state index in [2.05, 4.69) is 15.4 Å². The van der Waals surface area contributed by atoms with Crippen LogP contribution in [0.15, 0.2) is 71.6 Å². The van der Waals surface area contributed by atoms with E-state index in [1.54, 1.807) is 36.4 Å². The lowest BCUT2D eigenvalue weighted by Gasteiger charge is -2.12. The third kappa shape index (κ3) is 5.59. The van der Waals surface area contributed by atoms with Crippen LogP contribution in [0.2, 0.25) is 5.02 Å². The molecule has 0 heterocycles. The average Bonchev–Trinajstić information content (AvgIpc) is 2.71. The van der Waals surface area contributed by atoms with Gasteiger partial charge >= 0.3 is 0 Å². The molecule has 0 aliphatic rings. The molecule has 156 valence electrons. The van der Waals surface area contributed by atoms with Crippen molar-refractivity contribution < 1.29 is 17.5 Å². The molecule has 3 rings (SSSR count). The maximum atomic E-state index is 13.2. The first-order chi connectivity index (χ1) is 14.3. The smallest absolute Gasteiger partial charge is 0.261 e. The van der Waals surface area contributed by atoms with E-state index in [0.717, 1.165) is 0 Å². The van der Waals surface area contributed by atoms with Gasteiger partial charge in [-0.05, 0) is 78.9 Å². The summed E-state index contributed by atoms with van der Waals surface area (Å²) in [5.41, 5.74) is 1.51. The van der Waals surface area contributed by atoms with Crippen LogP contribution in [0, 0.1) is 5.82 Å². The third-order valence-corrected chi connectivity index (χ3v) is 5.83. The molecule has 0 aliphatic heterocycles. The zero-order chi connectivity index (χ0) is 21.7. The largest absolute Gasteiger partial charge is 0.497 e. The van der Waals surface area contributed by atoms with Crippen molar-refractivity contribution >= 4 is 56.0 Å². The third-order valence-electron chi connectivity index (χ3n) is 3.94. The monoisotopic (exact) mass is 465 g/mol. The minimum atomic E-state index is -3.75. The second-order valence-corrected chi connectivity index (χ2v) is 8.56. The molecular formula is C20H17ClFN3O3S2. The molecule has 10 heteroatoms. The summed E-state index contributed by atoms with van der Waals surface area (Å²) in [5, 5.41) is 6.01. The van der Waals surface area contributed by atoms with Crippen LogP contribution in [-0.2, 0) is 10.0 Å². The number of halogens is 2. The number of anilines is 3. The molecule has 0 spiro atoms. The van der Waals surface area contributed by atoms with Gasteiger partial charge < -0.3 is 15.4 Å². The van der Waals surface area contributed by atoms with E-state index in [9.17, 15) is 12.8 Å². The van der Waals surface area contributed by atoms with Gasteiger partial charge in [0.1, 0.15) is 11.6 Å². The Morgan fingerprint density at radius 2 is 1.50 bits per heavy atom. The minimum Gasteiger partial charge on any atom is -0.497 e. The van der Waals surface area contributed by atoms with Crippen molar-refractivity contribution in [1.82, 2.24) is 0 Å². The van der Waals surface area contributed by atoms with E-state index >= 15 is 0 Å². The first-order valence-corrected chi connectivity index (χ1v) is 10.8. The fourth-order valence-corrected chi connectivity index (χ4v) is 3.93. The van der Waals surface area contributed by atoms with Crippen LogP contribution in [0.4, 0.5) is 21.5 Å². The maximum absolute atomic E-state index is 13.2. The van der Waals surface area contributed by atoms with E-state index < -0.39 is 15.8 Å². The molecule has 0 atom stereocenters. The molecule has 0 radical (unpaired) electrons. The predicted molar refractivity (Wildman–Crippen MR) is 121 cm³/mol. The van der Waals surface area contributed by atoms with E-state index in [1.807, 2.05) is 0 Å². The molecule has 3 N–H and O–H groups in total. The average molecular weight is 466 g/mol. The van der Waals surface area contributed by atoms with Crippen molar-refractivity contribution in [3.63, 3.8) is 0 Å². The summed E-state index contributed by atoms with van der Waals surface area (Å²) in [4.78, 5) is 0.0908. The van der Waals surface area contributed by atoms with Crippen LogP contribution in [-0.4, -0.2) is 20.6 Å². The number of rotatable bonds is 6. The highest BCUT2D eigenvalue weighted by Crippen LogP contribution is 2.22. The Hall–Kier alpha value is -2.88. The second-order valence-electron chi connectivity index (χ2n) is 6.07. The molecule has 30 heavy (non-hydrogen) atoms. The van der Waals surface area contributed by atoms with Crippen LogP contribution in [0.1, 0.15) is 0 Å². The zero-order valence-electron chi connectivity index (χ0n) is 15.6. The first kappa shape index (κ1) is 21.8. The van der Waals surface area contributed by atoms with Crippen molar-refractivity contribution in [2.45, 2.75) is 4.90 Å². The molecule has 6 nitrogen and oxygen atoms in total. The molecule has 0 fully saturated rings. The van der Waals surface area contributed by atoms with Crippen molar-refractivity contribution in [3.05, 3.63) is 77.6 Å². The fourth-order valence-electron chi connectivity index (χ4n) is 2.46. The van der Waals surface area contributed by atoms with E-state index in [0.29, 0.717) is 22.8 Å². The molecule has 3 aromatic rings. The van der Waals surface area contributed by atoms with Gasteiger partial charge in [0, 0.05) is 17.1 Å². The normalized spacial score (nSPS) is 10.9. The predicted octanol–water partition coefficient (Wildman–Crippen LogP) is 5.10. The summed E-state index contributed by atoms with van der Waals surface area (Å²) in [6.45, 7) is 0. The topological polar surface area (TPSA) is 79.5 Å². The van der Waals surface area contributed by atoms with Crippen molar-refractivity contribution in [3.8, 4) is 5.75 Å². The molecule has 0 bridgehead atoms. The van der Waals surface area contributed by atoms with Crippen LogP contribution >= 0.6 is 23.8 Å². The standard InChI is InChI=1S/C20H17ClFN3O3S2/c1-28-16-7-2-14(3-8-16)25-30(26,27)17-9-4-13(5-10-17)23-20(29)24-15-6-11-19(22)18(21)12-15/h2-12,25H,1H3,(H2,23,24,29). The van der Waals surface area contributed by atoms with Gasteiger partial charge in [-0.3, -0.25) is 4.72 Å². The number of sulfonamides is 1. The van der Waals surface area contributed by atoms with Crippen molar-refractivity contribution in [2.24, 2.45) is 0 Å². The summed E-state index contributed by atoms with van der Waals surface area (Å²) < 4.78 is 45.9. The Labute approximate surface area is 184 Å². The van der Waals surface area contributed by atoms with Crippen molar-refractivity contribution in [1.29, 1.82) is 0 Å². The van der Waals surface area contributed by atoms with Gasteiger partial charge in [-0.2, -0.15) is 0 Å². The number of hydrogen-bond donors (Lipinski definition) is 3. The Morgan fingerprint density at radius 3 is 2.10 bits per heavy atom. The molecule has 0 amide bonds. The van der Waals surface area contributed by atoms with E-state index in [4.69, 9.17) is 28.6 Å². The SMILES string of the molecule is COc1ccc(NS(=O)(=O)c2ccc(NC(=S)Nc3ccc(F)c(Cl)c3)cc2)cc1. The van der Waals surface area contributed by atoms with Gasteiger partial charge in [-0.15, -0.1) is 0 Å². The van der Waals surface area contributed by atoms with Crippen LogP contribution in [0.25, 0.3) is 0 Å². The highest BCUT2D eigenvalue weighted by Gasteiger charge is 2.14. The lowest BCUT2D eigenvalue weighted by atomic mass is 10.3. The molecular weight excluding hydrogens is 449 g/mol. The lowest BCUT2D eigenvalue weighted by Crippen LogP contribution is -2.19. The summed E-state index contributed by atoms with van der Waals surface area (Å²) in [5.74, 6) is 0.0991. The van der Waals surface area contributed by atoms with Gasteiger partial charge in [-0.25, -0.2) is 12.8 Å². The Balaban J connectivity index is 1.64. The Kier molecular flexibility index (Phi) is 6.76. The van der Waals surface area contributed by atoms with E-state index in [-0.39, 0.29) is 15.0 Å². The molecule has 3 aromatic carbocycles. The second kappa shape index (κ2) is 9.29. The highest BCUT2D eigenvalue weighted by atomic mass is 35.5. The summed E-state index contributed by atoms with van der Waals surface area (Å²) in [6, 6.07) is 16.7. The van der Waals surface area contributed by atoms with Gasteiger partial charge in [0.15, 0.2) is 5.11 Å². The summed E-state index contributed by atoms with van der Waals surface area (Å²) >= 11 is 11.0. The number of hydrogen-bond acceptors (Lipinski definition) is 4. The quantitative estimate of drug-likeness (QED) is 0.440. The van der Waals surface area contributed by atoms with Crippen LogP contribution < -0.4 is 20.1 Å². The Bertz CT molecular complexity index is 1150. The molecule has 0 unspecified atom stereocenters. The molecule has 0 aromatic heterocycles. The lowest BCUT2D eigenvalue weighted by molar-refractivity contribution is 0.415. The molecule has 0 saturated heterocycles. The molecule has 0 aliphatic carbocycles. The first-order valence-electron chi connectivity index (χ1n) is 8.57. The number of nitrogens with one attached hydrogen (secondary N) is 3. The highest BCUT2D eigenvalue weighted by molar-refractivity contribution is 7.92. The zero-order valence-corrected chi connectivity index (χ0v) is 18.0. The number of thiocarbonyl (C=S) groups is 1. The summed E-state index contributed by atoms with van der Waals surface area (Å²) in [6.07, 6.45) is 0. The Morgan fingerprint density at radius 1 is 0.933 bits per heavy atom. The fraction of sp³-hybridized carbons (Fsp3) is 0.0500. The van der Waals surface area contributed by atoms with Crippen LogP contribution in [0.3, 0.4) is 0 Å². The number of benzene rings is 3. The van der Waals surface area contributed by atoms with Crippen molar-refractivity contribution in [2.75, 3.05) is 22.5 Å². The summed E-state index contributed by atoms with van der Waals surface area (Å²) in [7, 11) is -2.22.